The van der Waals surface area contributed by atoms with Crippen LogP contribution in [0.25, 0.3) is 16.6 Å². The van der Waals surface area contributed by atoms with Crippen LogP contribution in [0.2, 0.25) is 0 Å². The standard InChI is InChI=1S/C18H21F2N5/c1-11-9-13(12(2)21)16-15(10-11)25-14(3-6-22-25)17(23-16)24-7-4-18(19,20)5-8-24/h3,6,9-10,12H,4-5,7-8,21H2,1-2H3/t12-/m0/s1. The molecule has 4 rings (SSSR count). The fourth-order valence-corrected chi connectivity index (χ4v) is 3.52. The van der Waals surface area contributed by atoms with Gasteiger partial charge < -0.3 is 10.6 Å². The van der Waals surface area contributed by atoms with Crippen molar-refractivity contribution >= 4 is 22.4 Å². The third-order valence-corrected chi connectivity index (χ3v) is 4.87. The number of alkyl halides is 2. The summed E-state index contributed by atoms with van der Waals surface area (Å²) in [4.78, 5) is 6.78. The number of aryl methyl sites for hydroxylation is 1. The van der Waals surface area contributed by atoms with Crippen LogP contribution >= 0.6 is 0 Å². The summed E-state index contributed by atoms with van der Waals surface area (Å²) in [5.41, 5.74) is 10.7. The summed E-state index contributed by atoms with van der Waals surface area (Å²) in [6.45, 7) is 4.50. The normalized spacial score (nSPS) is 18.8. The second-order valence-electron chi connectivity index (χ2n) is 6.92. The molecule has 0 unspecified atom stereocenters. The summed E-state index contributed by atoms with van der Waals surface area (Å²) in [5, 5.41) is 4.43. The van der Waals surface area contributed by atoms with E-state index in [-0.39, 0.29) is 32.0 Å². The Balaban J connectivity index is 1.94. The number of benzene rings is 1. The topological polar surface area (TPSA) is 59.5 Å². The van der Waals surface area contributed by atoms with Crippen molar-refractivity contribution in [1.29, 1.82) is 0 Å². The Bertz CT molecular complexity index is 937. The van der Waals surface area contributed by atoms with Crippen molar-refractivity contribution in [3.05, 3.63) is 35.5 Å². The number of halogens is 2. The molecule has 3 heterocycles. The third kappa shape index (κ3) is 2.72. The van der Waals surface area contributed by atoms with E-state index in [0.29, 0.717) is 5.82 Å². The van der Waals surface area contributed by atoms with E-state index in [1.165, 1.54) is 0 Å². The summed E-state index contributed by atoms with van der Waals surface area (Å²) in [7, 11) is 0. The zero-order valence-corrected chi connectivity index (χ0v) is 14.3. The summed E-state index contributed by atoms with van der Waals surface area (Å²) in [5.74, 6) is -1.89. The number of piperidine rings is 1. The van der Waals surface area contributed by atoms with E-state index in [4.69, 9.17) is 10.7 Å². The molecule has 0 aliphatic carbocycles. The second-order valence-corrected chi connectivity index (χ2v) is 6.92. The predicted molar refractivity (Wildman–Crippen MR) is 94.2 cm³/mol. The van der Waals surface area contributed by atoms with Crippen LogP contribution in [0.5, 0.6) is 0 Å². The van der Waals surface area contributed by atoms with Crippen LogP contribution in [0.15, 0.2) is 24.4 Å². The SMILES string of the molecule is Cc1cc([C@H](C)N)c2nc(N3CCC(F)(F)CC3)c3ccnn3c2c1. The molecule has 0 saturated carbocycles. The van der Waals surface area contributed by atoms with Crippen molar-refractivity contribution < 1.29 is 8.78 Å². The molecule has 0 spiro atoms. The van der Waals surface area contributed by atoms with Crippen LogP contribution in [0, 0.1) is 6.92 Å². The van der Waals surface area contributed by atoms with Crippen molar-refractivity contribution in [3.8, 4) is 0 Å². The van der Waals surface area contributed by atoms with Crippen LogP contribution in [0.4, 0.5) is 14.6 Å². The average Bonchev–Trinajstić information content (AvgIpc) is 3.03. The summed E-state index contributed by atoms with van der Waals surface area (Å²) >= 11 is 0. The number of rotatable bonds is 2. The Hall–Kier alpha value is -2.28. The van der Waals surface area contributed by atoms with Gasteiger partial charge in [0.25, 0.3) is 5.92 Å². The van der Waals surface area contributed by atoms with E-state index in [1.54, 1.807) is 6.20 Å². The first kappa shape index (κ1) is 16.2. The van der Waals surface area contributed by atoms with Gasteiger partial charge in [-0.25, -0.2) is 18.3 Å². The number of nitrogens with two attached hydrogens (primary N) is 1. The van der Waals surface area contributed by atoms with Gasteiger partial charge in [0.2, 0.25) is 0 Å². The summed E-state index contributed by atoms with van der Waals surface area (Å²) < 4.78 is 28.9. The smallest absolute Gasteiger partial charge is 0.251 e. The molecule has 0 radical (unpaired) electrons. The molecule has 0 amide bonds. The van der Waals surface area contributed by atoms with E-state index in [9.17, 15) is 8.78 Å². The van der Waals surface area contributed by atoms with E-state index >= 15 is 0 Å². The maximum absolute atomic E-state index is 13.5. The highest BCUT2D eigenvalue weighted by molar-refractivity contribution is 5.87. The van der Waals surface area contributed by atoms with Crippen molar-refractivity contribution in [2.75, 3.05) is 18.0 Å². The Morgan fingerprint density at radius 1 is 1.20 bits per heavy atom. The van der Waals surface area contributed by atoms with E-state index < -0.39 is 5.92 Å². The molecule has 7 heteroatoms. The third-order valence-electron chi connectivity index (χ3n) is 4.87. The van der Waals surface area contributed by atoms with Gasteiger partial charge in [0.15, 0.2) is 5.82 Å². The Kier molecular flexibility index (Phi) is 3.64. The van der Waals surface area contributed by atoms with Gasteiger partial charge in [0.1, 0.15) is 5.52 Å². The molecule has 1 aliphatic heterocycles. The van der Waals surface area contributed by atoms with E-state index in [0.717, 1.165) is 27.7 Å². The van der Waals surface area contributed by atoms with Gasteiger partial charge in [0.05, 0.1) is 17.2 Å². The summed E-state index contributed by atoms with van der Waals surface area (Å²) in [6.07, 6.45) is 1.41. The molecule has 0 bridgehead atoms. The monoisotopic (exact) mass is 345 g/mol. The number of hydrogen-bond acceptors (Lipinski definition) is 4. The van der Waals surface area contributed by atoms with Crippen molar-refractivity contribution in [3.63, 3.8) is 0 Å². The van der Waals surface area contributed by atoms with Gasteiger partial charge in [-0.2, -0.15) is 5.10 Å². The lowest BCUT2D eigenvalue weighted by atomic mass is 10.0. The number of aromatic nitrogens is 3. The highest BCUT2D eigenvalue weighted by Gasteiger charge is 2.35. The molecule has 2 N–H and O–H groups in total. The van der Waals surface area contributed by atoms with Gasteiger partial charge >= 0.3 is 0 Å². The van der Waals surface area contributed by atoms with Crippen LogP contribution < -0.4 is 10.6 Å². The minimum absolute atomic E-state index is 0.152. The van der Waals surface area contributed by atoms with E-state index in [2.05, 4.69) is 5.10 Å². The first-order valence-electron chi connectivity index (χ1n) is 8.52. The highest BCUT2D eigenvalue weighted by atomic mass is 19.3. The van der Waals surface area contributed by atoms with Crippen molar-refractivity contribution in [2.24, 2.45) is 5.73 Å². The van der Waals surface area contributed by atoms with Gasteiger partial charge in [-0.05, 0) is 37.1 Å². The summed E-state index contributed by atoms with van der Waals surface area (Å²) in [6, 6.07) is 5.76. The average molecular weight is 345 g/mol. The highest BCUT2D eigenvalue weighted by Crippen LogP contribution is 2.34. The molecule has 1 aromatic carbocycles. The van der Waals surface area contributed by atoms with Crippen LogP contribution in [-0.2, 0) is 0 Å². The maximum Gasteiger partial charge on any atom is 0.251 e. The van der Waals surface area contributed by atoms with Crippen LogP contribution in [0.1, 0.15) is 36.9 Å². The van der Waals surface area contributed by atoms with Crippen LogP contribution in [0.3, 0.4) is 0 Å². The Morgan fingerprint density at radius 2 is 1.92 bits per heavy atom. The maximum atomic E-state index is 13.5. The molecule has 1 fully saturated rings. The number of anilines is 1. The molecule has 25 heavy (non-hydrogen) atoms. The first-order chi connectivity index (χ1) is 11.9. The first-order valence-corrected chi connectivity index (χ1v) is 8.52. The lowest BCUT2D eigenvalue weighted by Gasteiger charge is -2.33. The Morgan fingerprint density at radius 3 is 2.60 bits per heavy atom. The number of hydrogen-bond donors (Lipinski definition) is 1. The van der Waals surface area contributed by atoms with Gasteiger partial charge in [-0.15, -0.1) is 0 Å². The minimum Gasteiger partial charge on any atom is -0.354 e. The molecule has 1 aliphatic rings. The quantitative estimate of drug-likeness (QED) is 0.773. The molecular formula is C18H21F2N5. The lowest BCUT2D eigenvalue weighted by Crippen LogP contribution is -2.40. The van der Waals surface area contributed by atoms with Crippen molar-refractivity contribution in [2.45, 2.75) is 38.7 Å². The molecule has 132 valence electrons. The molecule has 1 saturated heterocycles. The van der Waals surface area contributed by atoms with E-state index in [1.807, 2.05) is 41.5 Å². The molecule has 1 atom stereocenters. The number of nitrogens with zero attached hydrogens (tertiary/aromatic N) is 4. The van der Waals surface area contributed by atoms with Crippen LogP contribution in [-0.4, -0.2) is 33.6 Å². The molecular weight excluding hydrogens is 324 g/mol. The lowest BCUT2D eigenvalue weighted by molar-refractivity contribution is -0.0221. The number of fused-ring (bicyclic) bond motifs is 3. The van der Waals surface area contributed by atoms with Gasteiger partial charge in [-0.3, -0.25) is 0 Å². The second kappa shape index (κ2) is 5.62. The fraction of sp³-hybridized carbons (Fsp3) is 0.444. The fourth-order valence-electron chi connectivity index (χ4n) is 3.52. The van der Waals surface area contributed by atoms with Gasteiger partial charge in [0, 0.05) is 32.0 Å². The molecule has 3 aromatic rings. The predicted octanol–water partition coefficient (Wildman–Crippen LogP) is 3.45. The zero-order chi connectivity index (χ0) is 17.8. The largest absolute Gasteiger partial charge is 0.354 e. The molecule has 2 aromatic heterocycles. The minimum atomic E-state index is -2.59. The molecule has 5 nitrogen and oxygen atoms in total. The Labute approximate surface area is 144 Å². The van der Waals surface area contributed by atoms with Gasteiger partial charge in [-0.1, -0.05) is 6.07 Å². The zero-order valence-electron chi connectivity index (χ0n) is 14.3. The van der Waals surface area contributed by atoms with Crippen molar-refractivity contribution in [1.82, 2.24) is 14.6 Å².